The minimum Gasteiger partial charge on any atom is -0.348 e. The van der Waals surface area contributed by atoms with E-state index in [2.05, 4.69) is 5.32 Å². The minimum absolute atomic E-state index is 0.237. The van der Waals surface area contributed by atoms with E-state index in [9.17, 15) is 9.18 Å². The van der Waals surface area contributed by atoms with Crippen molar-refractivity contribution in [2.75, 3.05) is 0 Å². The maximum Gasteiger partial charge on any atom is 0.251 e. The molecule has 2 rings (SSSR count). The zero-order chi connectivity index (χ0) is 13.8. The predicted octanol–water partition coefficient (Wildman–Crippen LogP) is 4.06. The van der Waals surface area contributed by atoms with Crippen molar-refractivity contribution in [1.29, 1.82) is 0 Å². The lowest BCUT2D eigenvalue weighted by molar-refractivity contribution is 0.0951. The van der Waals surface area contributed by atoms with Gasteiger partial charge in [0.25, 0.3) is 5.91 Å². The number of halogens is 3. The summed E-state index contributed by atoms with van der Waals surface area (Å²) in [5, 5.41) is 3.56. The molecule has 2 nitrogen and oxygen atoms in total. The molecule has 0 spiro atoms. The molecular weight excluding hydrogens is 288 g/mol. The fraction of sp³-hybridized carbons (Fsp3) is 0.0714. The van der Waals surface area contributed by atoms with Crippen LogP contribution in [0.25, 0.3) is 0 Å². The molecule has 5 heteroatoms. The third-order valence-corrected chi connectivity index (χ3v) is 3.16. The third-order valence-electron chi connectivity index (χ3n) is 2.56. The van der Waals surface area contributed by atoms with Gasteiger partial charge in [-0.15, -0.1) is 0 Å². The van der Waals surface area contributed by atoms with Crippen molar-refractivity contribution in [2.45, 2.75) is 6.54 Å². The second kappa shape index (κ2) is 6.04. The Morgan fingerprint density at radius 3 is 2.42 bits per heavy atom. The maximum atomic E-state index is 12.9. The molecule has 0 bridgehead atoms. The summed E-state index contributed by atoms with van der Waals surface area (Å²) in [6, 6.07) is 10.6. The zero-order valence-corrected chi connectivity index (χ0v) is 11.3. The van der Waals surface area contributed by atoms with Gasteiger partial charge in [-0.05, 0) is 42.0 Å². The highest BCUT2D eigenvalue weighted by Gasteiger charge is 2.07. The van der Waals surface area contributed by atoms with Crippen molar-refractivity contribution < 1.29 is 9.18 Å². The summed E-state index contributed by atoms with van der Waals surface area (Å²) in [7, 11) is 0. The number of benzene rings is 2. The number of carbonyl (C=O) groups excluding carboxylic acids is 1. The minimum atomic E-state index is -0.405. The van der Waals surface area contributed by atoms with Crippen LogP contribution in [0.15, 0.2) is 42.5 Å². The summed E-state index contributed by atoms with van der Waals surface area (Å²) in [4.78, 5) is 11.8. The molecule has 0 aliphatic carbocycles. The van der Waals surface area contributed by atoms with Crippen LogP contribution in [-0.4, -0.2) is 5.91 Å². The van der Waals surface area contributed by atoms with Gasteiger partial charge in [-0.1, -0.05) is 29.3 Å². The number of hydrogen-bond acceptors (Lipinski definition) is 1. The van der Waals surface area contributed by atoms with Gasteiger partial charge in [-0.3, -0.25) is 4.79 Å². The highest BCUT2D eigenvalue weighted by molar-refractivity contribution is 6.31. The molecule has 1 amide bonds. The Bertz CT molecular complexity index is 599. The molecule has 0 atom stereocenters. The highest BCUT2D eigenvalue weighted by Crippen LogP contribution is 2.17. The zero-order valence-electron chi connectivity index (χ0n) is 9.79. The van der Waals surface area contributed by atoms with Crippen LogP contribution in [0.2, 0.25) is 10.0 Å². The molecule has 0 saturated heterocycles. The third kappa shape index (κ3) is 3.69. The van der Waals surface area contributed by atoms with Gasteiger partial charge >= 0.3 is 0 Å². The Hall–Kier alpha value is -1.58. The van der Waals surface area contributed by atoms with E-state index < -0.39 is 5.82 Å². The first-order valence-corrected chi connectivity index (χ1v) is 6.29. The largest absolute Gasteiger partial charge is 0.348 e. The molecule has 0 aromatic heterocycles. The number of rotatable bonds is 3. The molecule has 0 radical (unpaired) electrons. The summed E-state index contributed by atoms with van der Waals surface area (Å²) >= 11 is 11.6. The highest BCUT2D eigenvalue weighted by atomic mass is 35.5. The van der Waals surface area contributed by atoms with E-state index >= 15 is 0 Å². The van der Waals surface area contributed by atoms with Gasteiger partial charge in [0.05, 0.1) is 0 Å². The topological polar surface area (TPSA) is 29.1 Å². The number of hydrogen-bond donors (Lipinski definition) is 1. The summed E-state index contributed by atoms with van der Waals surface area (Å²) in [6.07, 6.45) is 0. The molecule has 19 heavy (non-hydrogen) atoms. The lowest BCUT2D eigenvalue weighted by Gasteiger charge is -2.07. The quantitative estimate of drug-likeness (QED) is 0.909. The van der Waals surface area contributed by atoms with E-state index in [4.69, 9.17) is 23.2 Å². The van der Waals surface area contributed by atoms with Gasteiger partial charge < -0.3 is 5.32 Å². The smallest absolute Gasteiger partial charge is 0.251 e. The van der Waals surface area contributed by atoms with Gasteiger partial charge in [0.1, 0.15) is 5.82 Å². The molecule has 2 aromatic carbocycles. The Labute approximate surface area is 120 Å². The molecular formula is C14H10Cl2FNO. The Balaban J connectivity index is 2.02. The lowest BCUT2D eigenvalue weighted by atomic mass is 10.2. The maximum absolute atomic E-state index is 12.9. The van der Waals surface area contributed by atoms with Gasteiger partial charge in [0.2, 0.25) is 0 Å². The van der Waals surface area contributed by atoms with Crippen molar-refractivity contribution in [3.63, 3.8) is 0 Å². The molecule has 98 valence electrons. The van der Waals surface area contributed by atoms with E-state index in [0.717, 1.165) is 0 Å². The Morgan fingerprint density at radius 1 is 1.11 bits per heavy atom. The van der Waals surface area contributed by atoms with Crippen molar-refractivity contribution in [2.24, 2.45) is 0 Å². The lowest BCUT2D eigenvalue weighted by Crippen LogP contribution is -2.22. The molecule has 0 heterocycles. The van der Waals surface area contributed by atoms with Crippen LogP contribution >= 0.6 is 23.2 Å². The van der Waals surface area contributed by atoms with Crippen molar-refractivity contribution >= 4 is 29.1 Å². The SMILES string of the molecule is O=C(NCc1ccc(F)cc1Cl)c1ccc(Cl)cc1. The summed E-state index contributed by atoms with van der Waals surface area (Å²) in [5.41, 5.74) is 1.16. The standard InChI is InChI=1S/C14H10Cl2FNO/c15-11-4-1-9(2-5-11)14(19)18-8-10-3-6-12(17)7-13(10)16/h1-7H,8H2,(H,18,19). The van der Waals surface area contributed by atoms with E-state index in [1.54, 1.807) is 30.3 Å². The van der Waals surface area contributed by atoms with Crippen LogP contribution in [-0.2, 0) is 6.54 Å². The van der Waals surface area contributed by atoms with Gasteiger partial charge in [-0.25, -0.2) is 4.39 Å². The van der Waals surface area contributed by atoms with Crippen LogP contribution in [0.4, 0.5) is 4.39 Å². The van der Waals surface area contributed by atoms with Crippen LogP contribution in [0.1, 0.15) is 15.9 Å². The van der Waals surface area contributed by atoms with Crippen LogP contribution in [0, 0.1) is 5.82 Å². The van der Waals surface area contributed by atoms with Crippen LogP contribution in [0.3, 0.4) is 0 Å². The van der Waals surface area contributed by atoms with Gasteiger partial charge in [0, 0.05) is 22.2 Å². The van der Waals surface area contributed by atoms with Crippen LogP contribution < -0.4 is 5.32 Å². The molecule has 0 saturated carbocycles. The van der Waals surface area contributed by atoms with Gasteiger partial charge in [-0.2, -0.15) is 0 Å². The Kier molecular flexibility index (Phi) is 4.40. The Morgan fingerprint density at radius 2 is 1.79 bits per heavy atom. The summed E-state index contributed by atoms with van der Waals surface area (Å²) in [5.74, 6) is -0.644. The van der Waals surface area contributed by atoms with Crippen LogP contribution in [0.5, 0.6) is 0 Å². The van der Waals surface area contributed by atoms with E-state index in [0.29, 0.717) is 16.1 Å². The van der Waals surface area contributed by atoms with Gasteiger partial charge in [0.15, 0.2) is 0 Å². The van der Waals surface area contributed by atoms with E-state index in [-0.39, 0.29) is 17.5 Å². The number of nitrogens with one attached hydrogen (secondary N) is 1. The fourth-order valence-corrected chi connectivity index (χ4v) is 1.90. The molecule has 1 N–H and O–H groups in total. The summed E-state index contributed by atoms with van der Waals surface area (Å²) < 4.78 is 12.9. The average molecular weight is 298 g/mol. The molecule has 0 unspecified atom stereocenters. The monoisotopic (exact) mass is 297 g/mol. The first kappa shape index (κ1) is 13.8. The number of carbonyl (C=O) groups is 1. The molecule has 2 aromatic rings. The average Bonchev–Trinajstić information content (AvgIpc) is 2.38. The first-order valence-electron chi connectivity index (χ1n) is 5.54. The van der Waals surface area contributed by atoms with E-state index in [1.807, 2.05) is 0 Å². The molecule has 0 aliphatic heterocycles. The van der Waals surface area contributed by atoms with E-state index in [1.165, 1.54) is 12.1 Å². The second-order valence-corrected chi connectivity index (χ2v) is 4.77. The fourth-order valence-electron chi connectivity index (χ4n) is 1.54. The summed E-state index contributed by atoms with van der Waals surface area (Å²) in [6.45, 7) is 0.237. The normalized spacial score (nSPS) is 10.3. The molecule has 0 fully saturated rings. The van der Waals surface area contributed by atoms with Crippen molar-refractivity contribution in [3.8, 4) is 0 Å². The molecule has 0 aliphatic rings. The predicted molar refractivity (Wildman–Crippen MR) is 74.0 cm³/mol. The number of amides is 1. The van der Waals surface area contributed by atoms with Crippen molar-refractivity contribution in [1.82, 2.24) is 5.32 Å². The van der Waals surface area contributed by atoms with Crippen molar-refractivity contribution in [3.05, 3.63) is 69.5 Å². The second-order valence-electron chi connectivity index (χ2n) is 3.93. The first-order chi connectivity index (χ1) is 9.06.